The fourth-order valence-corrected chi connectivity index (χ4v) is 3.73. The number of halogens is 3. The largest absolute Gasteiger partial charge is 0.453 e. The first-order valence-electron chi connectivity index (χ1n) is 9.19. The number of fused-ring (bicyclic) bond motifs is 1. The molecule has 9 heteroatoms. The Labute approximate surface area is 178 Å². The van der Waals surface area contributed by atoms with Crippen LogP contribution in [0.15, 0.2) is 64.4 Å². The number of hydrogen-bond donors (Lipinski definition) is 1. The van der Waals surface area contributed by atoms with Crippen LogP contribution < -0.4 is 5.32 Å². The summed E-state index contributed by atoms with van der Waals surface area (Å²) in [5, 5.41) is 3.90. The number of nitrogens with zero attached hydrogens (tertiary/aromatic N) is 1. The van der Waals surface area contributed by atoms with E-state index in [2.05, 4.69) is 10.3 Å². The van der Waals surface area contributed by atoms with Crippen LogP contribution in [0.2, 0.25) is 0 Å². The van der Waals surface area contributed by atoms with Crippen molar-refractivity contribution in [3.63, 3.8) is 0 Å². The van der Waals surface area contributed by atoms with Crippen molar-refractivity contribution in [2.24, 2.45) is 0 Å². The molecule has 158 valence electrons. The zero-order chi connectivity index (χ0) is 22.2. The Bertz CT molecular complexity index is 1240. The Morgan fingerprint density at radius 2 is 1.87 bits per heavy atom. The SMILES string of the molecule is CC(C(=O)Nc1nc(C(F)(F)F)cs1)c1cccc(C(=O)c2cc3ccccc3o2)c1. The van der Waals surface area contributed by atoms with Gasteiger partial charge in [0.25, 0.3) is 0 Å². The first-order valence-corrected chi connectivity index (χ1v) is 10.1. The Hall–Kier alpha value is -3.46. The third kappa shape index (κ3) is 4.36. The molecule has 1 N–H and O–H groups in total. The molecule has 4 rings (SSSR count). The normalized spacial score (nSPS) is 12.6. The van der Waals surface area contributed by atoms with E-state index in [1.807, 2.05) is 12.1 Å². The molecule has 0 fully saturated rings. The van der Waals surface area contributed by atoms with E-state index >= 15 is 0 Å². The number of thiazole rings is 1. The molecule has 2 aromatic heterocycles. The highest BCUT2D eigenvalue weighted by atomic mass is 32.1. The van der Waals surface area contributed by atoms with Crippen molar-refractivity contribution in [1.82, 2.24) is 4.98 Å². The number of hydrogen-bond acceptors (Lipinski definition) is 5. The van der Waals surface area contributed by atoms with E-state index < -0.39 is 23.7 Å². The molecule has 31 heavy (non-hydrogen) atoms. The number of aromatic nitrogens is 1. The van der Waals surface area contributed by atoms with Crippen LogP contribution >= 0.6 is 11.3 Å². The van der Waals surface area contributed by atoms with Crippen LogP contribution in [-0.4, -0.2) is 16.7 Å². The molecule has 1 atom stereocenters. The summed E-state index contributed by atoms with van der Waals surface area (Å²) >= 11 is 0.695. The second kappa shape index (κ2) is 7.99. The predicted molar refractivity (Wildman–Crippen MR) is 110 cm³/mol. The zero-order valence-corrected chi connectivity index (χ0v) is 16.9. The van der Waals surface area contributed by atoms with Gasteiger partial charge in [0.15, 0.2) is 16.6 Å². The van der Waals surface area contributed by atoms with Gasteiger partial charge < -0.3 is 9.73 Å². The lowest BCUT2D eigenvalue weighted by atomic mass is 9.96. The van der Waals surface area contributed by atoms with Gasteiger partial charge in [0.1, 0.15) is 5.58 Å². The van der Waals surface area contributed by atoms with Gasteiger partial charge in [-0.1, -0.05) is 36.4 Å². The average Bonchev–Trinajstić information content (AvgIpc) is 3.39. The molecule has 2 aromatic carbocycles. The summed E-state index contributed by atoms with van der Waals surface area (Å²) in [7, 11) is 0. The lowest BCUT2D eigenvalue weighted by Crippen LogP contribution is -2.19. The fourth-order valence-electron chi connectivity index (χ4n) is 3.01. The number of alkyl halides is 3. The molecule has 0 aliphatic carbocycles. The van der Waals surface area contributed by atoms with Crippen molar-refractivity contribution in [3.05, 3.63) is 82.6 Å². The number of anilines is 1. The lowest BCUT2D eigenvalue weighted by molar-refractivity contribution is -0.140. The molecule has 0 saturated carbocycles. The van der Waals surface area contributed by atoms with E-state index in [1.165, 1.54) is 0 Å². The summed E-state index contributed by atoms with van der Waals surface area (Å²) < 4.78 is 43.7. The molecule has 1 amide bonds. The molecule has 0 spiro atoms. The fraction of sp³-hybridized carbons (Fsp3) is 0.136. The molecular formula is C22H15F3N2O3S. The summed E-state index contributed by atoms with van der Waals surface area (Å²) in [5.41, 5.74) is 0.409. The minimum atomic E-state index is -4.57. The van der Waals surface area contributed by atoms with Crippen molar-refractivity contribution in [2.45, 2.75) is 19.0 Å². The van der Waals surface area contributed by atoms with Gasteiger partial charge in [-0.2, -0.15) is 13.2 Å². The van der Waals surface area contributed by atoms with E-state index in [0.29, 0.717) is 28.0 Å². The van der Waals surface area contributed by atoms with Crippen molar-refractivity contribution < 1.29 is 27.2 Å². The van der Waals surface area contributed by atoms with Crippen molar-refractivity contribution in [1.29, 1.82) is 0 Å². The second-order valence-corrected chi connectivity index (χ2v) is 7.71. The maximum absolute atomic E-state index is 12.8. The van der Waals surface area contributed by atoms with Gasteiger partial charge in [-0.25, -0.2) is 4.98 Å². The maximum Gasteiger partial charge on any atom is 0.434 e. The van der Waals surface area contributed by atoms with Crippen molar-refractivity contribution in [3.8, 4) is 0 Å². The summed E-state index contributed by atoms with van der Waals surface area (Å²) in [6.45, 7) is 1.60. The third-order valence-electron chi connectivity index (χ3n) is 4.72. The first-order chi connectivity index (χ1) is 14.7. The average molecular weight is 444 g/mol. The van der Waals surface area contributed by atoms with Gasteiger partial charge in [0, 0.05) is 16.3 Å². The number of benzene rings is 2. The minimum absolute atomic E-state index is 0.140. The van der Waals surface area contributed by atoms with Crippen LogP contribution in [0.5, 0.6) is 0 Å². The van der Waals surface area contributed by atoms with Gasteiger partial charge in [-0.3, -0.25) is 9.59 Å². The van der Waals surface area contributed by atoms with E-state index in [9.17, 15) is 22.8 Å². The minimum Gasteiger partial charge on any atom is -0.453 e. The summed E-state index contributed by atoms with van der Waals surface area (Å²) in [6.07, 6.45) is -4.57. The number of amides is 1. The van der Waals surface area contributed by atoms with Gasteiger partial charge in [0.2, 0.25) is 11.7 Å². The molecule has 2 heterocycles. The Kier molecular flexibility index (Phi) is 5.36. The Morgan fingerprint density at radius 1 is 1.10 bits per heavy atom. The van der Waals surface area contributed by atoms with Crippen LogP contribution in [0, 0.1) is 0 Å². The molecule has 0 aliphatic rings. The summed E-state index contributed by atoms with van der Waals surface area (Å²) in [4.78, 5) is 28.7. The predicted octanol–water partition coefficient (Wildman–Crippen LogP) is 5.88. The smallest absolute Gasteiger partial charge is 0.434 e. The standard InChI is InChI=1S/C22H15F3N2O3S/c1-12(20(29)27-21-26-18(11-31-21)22(23,24)25)13-6-4-7-15(9-13)19(28)17-10-14-5-2-3-8-16(14)30-17/h2-12H,1H3,(H,26,27,29). The van der Waals surface area contributed by atoms with E-state index in [-0.39, 0.29) is 16.7 Å². The number of ketones is 1. The number of para-hydroxylation sites is 1. The van der Waals surface area contributed by atoms with E-state index in [0.717, 1.165) is 10.8 Å². The topological polar surface area (TPSA) is 72.2 Å². The van der Waals surface area contributed by atoms with Crippen molar-refractivity contribution >= 4 is 39.1 Å². The van der Waals surface area contributed by atoms with Crippen LogP contribution in [0.25, 0.3) is 11.0 Å². The van der Waals surface area contributed by atoms with Crippen LogP contribution in [-0.2, 0) is 11.0 Å². The molecule has 0 bridgehead atoms. The second-order valence-electron chi connectivity index (χ2n) is 6.85. The van der Waals surface area contributed by atoms with Crippen LogP contribution in [0.4, 0.5) is 18.3 Å². The van der Waals surface area contributed by atoms with E-state index in [4.69, 9.17) is 4.42 Å². The summed E-state index contributed by atoms with van der Waals surface area (Å²) in [6, 6.07) is 15.4. The molecule has 5 nitrogen and oxygen atoms in total. The number of nitrogens with one attached hydrogen (secondary N) is 1. The lowest BCUT2D eigenvalue weighted by Gasteiger charge is -2.12. The maximum atomic E-state index is 12.8. The zero-order valence-electron chi connectivity index (χ0n) is 16.1. The molecule has 0 saturated heterocycles. The quantitative estimate of drug-likeness (QED) is 0.390. The molecule has 0 radical (unpaired) electrons. The molecule has 0 aliphatic heterocycles. The van der Waals surface area contributed by atoms with Gasteiger partial charge in [-0.05, 0) is 30.7 Å². The van der Waals surface area contributed by atoms with Crippen molar-refractivity contribution in [2.75, 3.05) is 5.32 Å². The first kappa shape index (κ1) is 20.8. The highest BCUT2D eigenvalue weighted by Crippen LogP contribution is 2.32. The van der Waals surface area contributed by atoms with Gasteiger partial charge in [0.05, 0.1) is 5.92 Å². The molecule has 1 unspecified atom stereocenters. The molecular weight excluding hydrogens is 429 g/mol. The number of furan rings is 1. The van der Waals surface area contributed by atoms with Gasteiger partial charge in [-0.15, -0.1) is 11.3 Å². The van der Waals surface area contributed by atoms with Gasteiger partial charge >= 0.3 is 6.18 Å². The highest BCUT2D eigenvalue weighted by Gasteiger charge is 2.34. The van der Waals surface area contributed by atoms with Crippen LogP contribution in [0.3, 0.4) is 0 Å². The Morgan fingerprint density at radius 3 is 2.58 bits per heavy atom. The van der Waals surface area contributed by atoms with Crippen LogP contribution in [0.1, 0.15) is 40.2 Å². The highest BCUT2D eigenvalue weighted by molar-refractivity contribution is 7.13. The Balaban J connectivity index is 1.52. The number of rotatable bonds is 5. The number of carbonyl (C=O) groups excluding carboxylic acids is 2. The monoisotopic (exact) mass is 444 g/mol. The molecule has 4 aromatic rings. The summed E-state index contributed by atoms with van der Waals surface area (Å²) in [5.74, 6) is -1.41. The third-order valence-corrected chi connectivity index (χ3v) is 5.47. The van der Waals surface area contributed by atoms with E-state index in [1.54, 1.807) is 49.4 Å². The number of carbonyl (C=O) groups is 2.